The summed E-state index contributed by atoms with van der Waals surface area (Å²) < 4.78 is 7.37. The highest BCUT2D eigenvalue weighted by Crippen LogP contribution is 2.30. The Hall–Kier alpha value is -4.77. The fourth-order valence-corrected chi connectivity index (χ4v) is 4.55. The van der Waals surface area contributed by atoms with Crippen LogP contribution in [0.4, 0.5) is 11.5 Å². The highest BCUT2D eigenvalue weighted by atomic mass is 32.1. The van der Waals surface area contributed by atoms with Gasteiger partial charge in [0.1, 0.15) is 5.75 Å². The minimum absolute atomic E-state index is 0.256. The SMILES string of the molecule is COc1cc(Nc2ncc(-c3csc(C(N)=O)c3)n3ccnc23)ccc1C(=O)NCc1ccc(C)nc1. The van der Waals surface area contributed by atoms with Crippen molar-refractivity contribution in [1.82, 2.24) is 24.7 Å². The Morgan fingerprint density at radius 2 is 1.97 bits per heavy atom. The van der Waals surface area contributed by atoms with Gasteiger partial charge < -0.3 is 21.1 Å². The minimum Gasteiger partial charge on any atom is -0.496 e. The molecule has 0 unspecified atom stereocenters. The Morgan fingerprint density at radius 3 is 2.70 bits per heavy atom. The maximum absolute atomic E-state index is 12.8. The zero-order chi connectivity index (χ0) is 25.9. The Labute approximate surface area is 216 Å². The summed E-state index contributed by atoms with van der Waals surface area (Å²) in [5.74, 6) is 0.207. The van der Waals surface area contributed by atoms with Gasteiger partial charge in [-0.05, 0) is 36.8 Å². The maximum Gasteiger partial charge on any atom is 0.258 e. The molecule has 37 heavy (non-hydrogen) atoms. The molecule has 0 fully saturated rings. The van der Waals surface area contributed by atoms with Crippen molar-refractivity contribution in [2.45, 2.75) is 13.5 Å². The van der Waals surface area contributed by atoms with Crippen LogP contribution in [0.1, 0.15) is 31.3 Å². The lowest BCUT2D eigenvalue weighted by atomic mass is 10.1. The highest BCUT2D eigenvalue weighted by Gasteiger charge is 2.16. The number of nitrogens with zero attached hydrogens (tertiary/aromatic N) is 4. The van der Waals surface area contributed by atoms with Crippen LogP contribution in [0.3, 0.4) is 0 Å². The van der Waals surface area contributed by atoms with Crippen LogP contribution in [-0.4, -0.2) is 38.3 Å². The van der Waals surface area contributed by atoms with Crippen LogP contribution in [0.2, 0.25) is 0 Å². The van der Waals surface area contributed by atoms with Gasteiger partial charge in [0.15, 0.2) is 11.5 Å². The number of hydrogen-bond donors (Lipinski definition) is 3. The largest absolute Gasteiger partial charge is 0.496 e. The molecule has 186 valence electrons. The first-order valence-corrected chi connectivity index (χ1v) is 12.2. The molecule has 1 aromatic carbocycles. The first-order valence-electron chi connectivity index (χ1n) is 11.3. The molecule has 4 N–H and O–H groups in total. The maximum atomic E-state index is 12.8. The lowest BCUT2D eigenvalue weighted by molar-refractivity contribution is 0.0946. The average Bonchev–Trinajstić information content (AvgIpc) is 3.59. The molecule has 5 aromatic rings. The number of rotatable bonds is 8. The van der Waals surface area contributed by atoms with E-state index in [2.05, 4.69) is 25.6 Å². The zero-order valence-electron chi connectivity index (χ0n) is 20.1. The number of methoxy groups -OCH3 is 1. The van der Waals surface area contributed by atoms with Gasteiger partial charge in [0.25, 0.3) is 11.8 Å². The number of aryl methyl sites for hydroxylation is 1. The summed E-state index contributed by atoms with van der Waals surface area (Å²) in [6, 6.07) is 10.8. The number of ether oxygens (including phenoxy) is 1. The van der Waals surface area contributed by atoms with Gasteiger partial charge in [-0.1, -0.05) is 6.07 Å². The molecule has 0 aliphatic rings. The van der Waals surface area contributed by atoms with E-state index in [-0.39, 0.29) is 5.91 Å². The summed E-state index contributed by atoms with van der Waals surface area (Å²) in [4.78, 5) is 38.0. The Kier molecular flexibility index (Phi) is 6.52. The quantitative estimate of drug-likeness (QED) is 0.286. The van der Waals surface area contributed by atoms with E-state index in [9.17, 15) is 9.59 Å². The molecule has 0 radical (unpaired) electrons. The third-order valence-electron chi connectivity index (χ3n) is 5.70. The molecular weight excluding hydrogens is 490 g/mol. The number of thiophene rings is 1. The number of nitrogens with two attached hydrogens (primary N) is 1. The fourth-order valence-electron chi connectivity index (χ4n) is 3.79. The smallest absolute Gasteiger partial charge is 0.258 e. The minimum atomic E-state index is -0.470. The third kappa shape index (κ3) is 4.98. The van der Waals surface area contributed by atoms with Crippen LogP contribution in [0.5, 0.6) is 5.75 Å². The molecule has 10 nitrogen and oxygen atoms in total. The standard InChI is InChI=1S/C26H23N7O3S/c1-15-3-4-16(11-29-15)12-31-26(35)19-6-5-18(10-21(19)36-2)32-24-25-28-7-8-33(25)20(13-30-24)17-9-22(23(27)34)37-14-17/h3-11,13-14H,12H2,1-2H3,(H2,27,34)(H,30,32)(H,31,35). The number of hydrogen-bond acceptors (Lipinski definition) is 8. The van der Waals surface area contributed by atoms with Crippen LogP contribution >= 0.6 is 11.3 Å². The predicted octanol–water partition coefficient (Wildman–Crippen LogP) is 3.94. The van der Waals surface area contributed by atoms with E-state index in [1.54, 1.807) is 42.9 Å². The molecule has 0 saturated heterocycles. The Bertz CT molecular complexity index is 1610. The summed E-state index contributed by atoms with van der Waals surface area (Å²) in [7, 11) is 1.51. The predicted molar refractivity (Wildman–Crippen MR) is 141 cm³/mol. The molecule has 0 bridgehead atoms. The van der Waals surface area contributed by atoms with Crippen molar-refractivity contribution in [3.8, 4) is 17.0 Å². The van der Waals surface area contributed by atoms with E-state index in [0.717, 1.165) is 22.5 Å². The number of amides is 2. The summed E-state index contributed by atoms with van der Waals surface area (Å²) in [5, 5.41) is 8.00. The van der Waals surface area contributed by atoms with Gasteiger partial charge in [-0.2, -0.15) is 0 Å². The number of benzene rings is 1. The number of aromatic nitrogens is 4. The van der Waals surface area contributed by atoms with Crippen LogP contribution in [0.25, 0.3) is 16.9 Å². The van der Waals surface area contributed by atoms with Gasteiger partial charge in [0, 0.05) is 53.5 Å². The molecule has 5 rings (SSSR count). The third-order valence-corrected chi connectivity index (χ3v) is 6.65. The molecule has 2 amide bonds. The first-order chi connectivity index (χ1) is 17.9. The van der Waals surface area contributed by atoms with E-state index in [4.69, 9.17) is 10.5 Å². The van der Waals surface area contributed by atoms with Gasteiger partial charge in [0.05, 0.1) is 29.4 Å². The highest BCUT2D eigenvalue weighted by molar-refractivity contribution is 7.12. The van der Waals surface area contributed by atoms with Crippen molar-refractivity contribution in [2.24, 2.45) is 5.73 Å². The summed E-state index contributed by atoms with van der Waals surface area (Å²) in [6.45, 7) is 2.27. The summed E-state index contributed by atoms with van der Waals surface area (Å²) >= 11 is 1.28. The Balaban J connectivity index is 1.36. The van der Waals surface area contributed by atoms with Gasteiger partial charge >= 0.3 is 0 Å². The molecule has 0 spiro atoms. The van der Waals surface area contributed by atoms with Crippen LogP contribution < -0.4 is 21.1 Å². The fraction of sp³-hybridized carbons (Fsp3) is 0.115. The zero-order valence-corrected chi connectivity index (χ0v) is 20.9. The van der Waals surface area contributed by atoms with Crippen molar-refractivity contribution in [1.29, 1.82) is 0 Å². The Morgan fingerprint density at radius 1 is 1.11 bits per heavy atom. The number of nitrogens with one attached hydrogen (secondary N) is 2. The van der Waals surface area contributed by atoms with Crippen LogP contribution in [0.15, 0.2) is 66.6 Å². The number of carbonyl (C=O) groups is 2. The van der Waals surface area contributed by atoms with E-state index in [1.807, 2.05) is 35.0 Å². The number of primary amides is 1. The lowest BCUT2D eigenvalue weighted by Crippen LogP contribution is -2.23. The molecule has 11 heteroatoms. The molecule has 0 aliphatic heterocycles. The lowest BCUT2D eigenvalue weighted by Gasteiger charge is -2.13. The van der Waals surface area contributed by atoms with Crippen LogP contribution in [0, 0.1) is 6.92 Å². The first kappa shape index (κ1) is 23.9. The van der Waals surface area contributed by atoms with Gasteiger partial charge in [-0.3, -0.25) is 19.0 Å². The number of fused-ring (bicyclic) bond motifs is 1. The van der Waals surface area contributed by atoms with Crippen LogP contribution in [-0.2, 0) is 6.54 Å². The second-order valence-corrected chi connectivity index (χ2v) is 9.12. The van der Waals surface area contributed by atoms with E-state index >= 15 is 0 Å². The van der Waals surface area contributed by atoms with Crippen molar-refractivity contribution in [3.05, 3.63) is 88.3 Å². The number of anilines is 2. The van der Waals surface area contributed by atoms with E-state index in [1.165, 1.54) is 18.4 Å². The summed E-state index contributed by atoms with van der Waals surface area (Å²) in [6.07, 6.45) is 6.92. The molecule has 0 saturated carbocycles. The van der Waals surface area contributed by atoms with Gasteiger partial charge in [-0.15, -0.1) is 11.3 Å². The van der Waals surface area contributed by atoms with Crippen molar-refractivity contribution >= 4 is 40.3 Å². The molecule has 4 heterocycles. The molecule has 4 aromatic heterocycles. The van der Waals surface area contributed by atoms with Gasteiger partial charge in [0.2, 0.25) is 0 Å². The molecule has 0 atom stereocenters. The molecular formula is C26H23N7O3S. The van der Waals surface area contributed by atoms with Crippen molar-refractivity contribution in [2.75, 3.05) is 12.4 Å². The number of pyridine rings is 1. The number of imidazole rings is 1. The second-order valence-electron chi connectivity index (χ2n) is 8.21. The summed E-state index contributed by atoms with van der Waals surface area (Å²) in [5.41, 5.74) is 10.5. The molecule has 0 aliphatic carbocycles. The number of carbonyl (C=O) groups excluding carboxylic acids is 2. The second kappa shape index (κ2) is 10.1. The van der Waals surface area contributed by atoms with E-state index in [0.29, 0.717) is 39.9 Å². The van der Waals surface area contributed by atoms with E-state index < -0.39 is 5.91 Å². The monoisotopic (exact) mass is 513 g/mol. The van der Waals surface area contributed by atoms with Gasteiger partial charge in [-0.25, -0.2) is 9.97 Å². The van der Waals surface area contributed by atoms with Crippen molar-refractivity contribution in [3.63, 3.8) is 0 Å². The van der Waals surface area contributed by atoms with Crippen molar-refractivity contribution < 1.29 is 14.3 Å². The normalized spacial score (nSPS) is 10.9. The topological polar surface area (TPSA) is 137 Å². The average molecular weight is 514 g/mol.